The van der Waals surface area contributed by atoms with Crippen molar-refractivity contribution >= 4 is 17.5 Å². The van der Waals surface area contributed by atoms with Gasteiger partial charge in [0.15, 0.2) is 6.61 Å². The van der Waals surface area contributed by atoms with E-state index < -0.39 is 0 Å². The maximum absolute atomic E-state index is 12.9. The summed E-state index contributed by atoms with van der Waals surface area (Å²) >= 11 is 0. The molecule has 1 heterocycles. The van der Waals surface area contributed by atoms with Crippen molar-refractivity contribution in [3.63, 3.8) is 0 Å². The minimum Gasteiger partial charge on any atom is -0.468 e. The molecule has 0 bridgehead atoms. The Bertz CT molecular complexity index is 702. The molecule has 0 saturated heterocycles. The highest BCUT2D eigenvalue weighted by molar-refractivity contribution is 5.88. The number of amides is 2. The lowest BCUT2D eigenvalue weighted by atomic mass is 10.1. The summed E-state index contributed by atoms with van der Waals surface area (Å²) in [5.74, 6) is -0.567. The Labute approximate surface area is 139 Å². The number of ether oxygens (including phenoxy) is 1. The zero-order valence-corrected chi connectivity index (χ0v) is 13.4. The second-order valence-electron chi connectivity index (χ2n) is 5.20. The number of halogens is 1. The summed E-state index contributed by atoms with van der Waals surface area (Å²) in [6.07, 6.45) is 1.44. The van der Waals surface area contributed by atoms with Crippen LogP contribution >= 0.6 is 0 Å². The van der Waals surface area contributed by atoms with Crippen LogP contribution in [0.5, 0.6) is 5.88 Å². The van der Waals surface area contributed by atoms with Gasteiger partial charge in [-0.2, -0.15) is 0 Å². The number of anilines is 1. The first kappa shape index (κ1) is 17.4. The van der Waals surface area contributed by atoms with E-state index in [2.05, 4.69) is 15.6 Å². The molecule has 2 N–H and O–H groups in total. The van der Waals surface area contributed by atoms with E-state index in [4.69, 9.17) is 4.74 Å². The Morgan fingerprint density at radius 2 is 1.92 bits per heavy atom. The maximum atomic E-state index is 12.9. The molecule has 1 atom stereocenters. The smallest absolute Gasteiger partial charge is 0.258 e. The molecule has 2 amide bonds. The molecule has 0 radical (unpaired) electrons. The molecule has 2 rings (SSSR count). The highest BCUT2D eigenvalue weighted by atomic mass is 19.1. The Kier molecular flexibility index (Phi) is 5.83. The largest absolute Gasteiger partial charge is 0.468 e. The normalized spacial score (nSPS) is 11.5. The molecule has 2 aromatic rings. The van der Waals surface area contributed by atoms with E-state index in [0.29, 0.717) is 5.69 Å². The van der Waals surface area contributed by atoms with Gasteiger partial charge in [-0.1, -0.05) is 12.1 Å². The van der Waals surface area contributed by atoms with Crippen molar-refractivity contribution in [3.05, 3.63) is 54.0 Å². The number of carbonyl (C=O) groups excluding carboxylic acids is 2. The summed E-state index contributed by atoms with van der Waals surface area (Å²) in [6.45, 7) is 3.00. The van der Waals surface area contributed by atoms with Gasteiger partial charge in [0, 0.05) is 13.0 Å². The maximum Gasteiger partial charge on any atom is 0.258 e. The molecular weight excluding hydrogens is 313 g/mol. The molecule has 0 aliphatic carbocycles. The van der Waals surface area contributed by atoms with Crippen molar-refractivity contribution in [2.45, 2.75) is 19.9 Å². The van der Waals surface area contributed by atoms with Gasteiger partial charge in [0.05, 0.1) is 17.9 Å². The highest BCUT2D eigenvalue weighted by Crippen LogP contribution is 2.13. The van der Waals surface area contributed by atoms with Crippen molar-refractivity contribution < 1.29 is 18.7 Å². The average Bonchev–Trinajstić information content (AvgIpc) is 2.54. The van der Waals surface area contributed by atoms with Gasteiger partial charge in [0.25, 0.3) is 5.91 Å². The average molecular weight is 331 g/mol. The van der Waals surface area contributed by atoms with Crippen molar-refractivity contribution in [2.75, 3.05) is 11.9 Å². The van der Waals surface area contributed by atoms with E-state index in [-0.39, 0.29) is 36.2 Å². The fraction of sp³-hybridized carbons (Fsp3) is 0.235. The Balaban J connectivity index is 1.82. The number of aromatic nitrogens is 1. The zero-order chi connectivity index (χ0) is 17.5. The topological polar surface area (TPSA) is 80.3 Å². The number of nitrogens with zero attached hydrogens (tertiary/aromatic N) is 1. The van der Waals surface area contributed by atoms with E-state index in [1.807, 2.05) is 0 Å². The SMILES string of the molecule is CC(=O)Nc1ccc(OCC(=O)NC(C)c2ccc(F)cc2)nc1. The molecule has 0 saturated carbocycles. The van der Waals surface area contributed by atoms with Crippen LogP contribution in [0.25, 0.3) is 0 Å². The lowest BCUT2D eigenvalue weighted by Crippen LogP contribution is -2.31. The van der Waals surface area contributed by atoms with Crippen molar-refractivity contribution in [1.82, 2.24) is 10.3 Å². The van der Waals surface area contributed by atoms with Gasteiger partial charge in [-0.25, -0.2) is 9.37 Å². The summed E-state index contributed by atoms with van der Waals surface area (Å²) in [4.78, 5) is 26.8. The quantitative estimate of drug-likeness (QED) is 0.852. The van der Waals surface area contributed by atoms with Crippen LogP contribution in [-0.2, 0) is 9.59 Å². The minimum atomic E-state index is -0.325. The summed E-state index contributed by atoms with van der Waals surface area (Å²) in [7, 11) is 0. The van der Waals surface area contributed by atoms with Gasteiger partial charge < -0.3 is 15.4 Å². The summed E-state index contributed by atoms with van der Waals surface area (Å²) in [5.41, 5.74) is 1.34. The van der Waals surface area contributed by atoms with Crippen LogP contribution < -0.4 is 15.4 Å². The Hall–Kier alpha value is -2.96. The van der Waals surface area contributed by atoms with Crippen LogP contribution in [0.3, 0.4) is 0 Å². The fourth-order valence-electron chi connectivity index (χ4n) is 2.00. The molecule has 1 unspecified atom stereocenters. The Morgan fingerprint density at radius 1 is 1.21 bits per heavy atom. The third-order valence-corrected chi connectivity index (χ3v) is 3.16. The summed E-state index contributed by atoms with van der Waals surface area (Å²) in [5, 5.41) is 5.33. The second-order valence-corrected chi connectivity index (χ2v) is 5.20. The molecular formula is C17H18FN3O3. The van der Waals surface area contributed by atoms with Crippen molar-refractivity contribution in [3.8, 4) is 5.88 Å². The number of rotatable bonds is 6. The molecule has 0 spiro atoms. The van der Waals surface area contributed by atoms with Crippen LogP contribution in [0.1, 0.15) is 25.5 Å². The number of hydrogen-bond donors (Lipinski definition) is 2. The molecule has 0 aliphatic rings. The third-order valence-electron chi connectivity index (χ3n) is 3.16. The molecule has 1 aromatic carbocycles. The number of hydrogen-bond acceptors (Lipinski definition) is 4. The monoisotopic (exact) mass is 331 g/mol. The summed E-state index contributed by atoms with van der Waals surface area (Å²) in [6, 6.07) is 8.83. The predicted molar refractivity (Wildman–Crippen MR) is 87.0 cm³/mol. The second kappa shape index (κ2) is 8.05. The van der Waals surface area contributed by atoms with Gasteiger partial charge in [0.2, 0.25) is 11.8 Å². The fourth-order valence-corrected chi connectivity index (χ4v) is 2.00. The van der Waals surface area contributed by atoms with E-state index in [1.165, 1.54) is 25.3 Å². The van der Waals surface area contributed by atoms with Gasteiger partial charge >= 0.3 is 0 Å². The lowest BCUT2D eigenvalue weighted by Gasteiger charge is -2.14. The van der Waals surface area contributed by atoms with Gasteiger partial charge in [-0.3, -0.25) is 9.59 Å². The molecule has 24 heavy (non-hydrogen) atoms. The van der Waals surface area contributed by atoms with E-state index >= 15 is 0 Å². The number of pyridine rings is 1. The summed E-state index contributed by atoms with van der Waals surface area (Å²) < 4.78 is 18.2. The minimum absolute atomic E-state index is 0.195. The van der Waals surface area contributed by atoms with E-state index in [1.54, 1.807) is 31.2 Å². The highest BCUT2D eigenvalue weighted by Gasteiger charge is 2.10. The molecule has 6 nitrogen and oxygen atoms in total. The van der Waals surface area contributed by atoms with E-state index in [9.17, 15) is 14.0 Å². The van der Waals surface area contributed by atoms with Crippen LogP contribution in [0.4, 0.5) is 10.1 Å². The zero-order valence-electron chi connectivity index (χ0n) is 13.4. The standard InChI is InChI=1S/C17H18FN3O3/c1-11(13-3-5-14(18)6-4-13)20-16(23)10-24-17-8-7-15(9-19-17)21-12(2)22/h3-9,11H,10H2,1-2H3,(H,20,23)(H,21,22). The molecule has 0 aliphatic heterocycles. The van der Waals surface area contributed by atoms with Crippen LogP contribution in [0, 0.1) is 5.82 Å². The van der Waals surface area contributed by atoms with E-state index in [0.717, 1.165) is 5.56 Å². The predicted octanol–water partition coefficient (Wildman–Crippen LogP) is 2.44. The molecule has 1 aromatic heterocycles. The van der Waals surface area contributed by atoms with Gasteiger partial charge in [-0.05, 0) is 30.7 Å². The van der Waals surface area contributed by atoms with Crippen molar-refractivity contribution in [2.24, 2.45) is 0 Å². The first-order valence-corrected chi connectivity index (χ1v) is 7.35. The van der Waals surface area contributed by atoms with Gasteiger partial charge in [-0.15, -0.1) is 0 Å². The van der Waals surface area contributed by atoms with Crippen LogP contribution in [-0.4, -0.2) is 23.4 Å². The molecule has 7 heteroatoms. The lowest BCUT2D eigenvalue weighted by molar-refractivity contribution is -0.123. The number of nitrogens with one attached hydrogen (secondary N) is 2. The Morgan fingerprint density at radius 3 is 2.50 bits per heavy atom. The molecule has 126 valence electrons. The molecule has 0 fully saturated rings. The first-order valence-electron chi connectivity index (χ1n) is 7.35. The number of benzene rings is 1. The van der Waals surface area contributed by atoms with Crippen molar-refractivity contribution in [1.29, 1.82) is 0 Å². The van der Waals surface area contributed by atoms with Crippen LogP contribution in [0.2, 0.25) is 0 Å². The number of carbonyl (C=O) groups is 2. The van der Waals surface area contributed by atoms with Crippen LogP contribution in [0.15, 0.2) is 42.6 Å². The third kappa shape index (κ3) is 5.35. The van der Waals surface area contributed by atoms with Gasteiger partial charge in [0.1, 0.15) is 5.82 Å². The first-order chi connectivity index (χ1) is 11.4.